The van der Waals surface area contributed by atoms with Gasteiger partial charge in [0.15, 0.2) is 0 Å². The summed E-state index contributed by atoms with van der Waals surface area (Å²) in [6.07, 6.45) is 0. The standard InChI is InChI=1S/C30H36N2O4/c1-5-31(6-2)16-18-35-29(33)21-12-13-22-25-14-15-26(30(34)36-19-17-32(7-3)8-4)23-10-9-11-24(28(23)25)27(22)20-21/h9-15,20H,5-8,16-19H2,1-4H3. The minimum absolute atomic E-state index is 0.306. The molecule has 0 spiro atoms. The molecule has 0 saturated heterocycles. The maximum absolute atomic E-state index is 13.0. The third-order valence-electron chi connectivity index (χ3n) is 7.17. The van der Waals surface area contributed by atoms with Gasteiger partial charge in [-0.25, -0.2) is 9.59 Å². The van der Waals surface area contributed by atoms with Crippen molar-refractivity contribution in [2.45, 2.75) is 27.7 Å². The average molecular weight is 489 g/mol. The summed E-state index contributed by atoms with van der Waals surface area (Å²) in [7, 11) is 0. The van der Waals surface area contributed by atoms with Crippen LogP contribution in [0.1, 0.15) is 48.4 Å². The van der Waals surface area contributed by atoms with Crippen molar-refractivity contribution >= 4 is 22.7 Å². The zero-order valence-electron chi connectivity index (χ0n) is 21.8. The van der Waals surface area contributed by atoms with Crippen LogP contribution in [0, 0.1) is 0 Å². The Labute approximate surface area is 213 Å². The predicted octanol–water partition coefficient (Wildman–Crippen LogP) is 5.48. The van der Waals surface area contributed by atoms with E-state index in [9.17, 15) is 9.59 Å². The lowest BCUT2D eigenvalue weighted by molar-refractivity contribution is 0.0459. The molecule has 1 aliphatic carbocycles. The molecule has 0 unspecified atom stereocenters. The van der Waals surface area contributed by atoms with Gasteiger partial charge in [-0.3, -0.25) is 0 Å². The number of nitrogens with zero attached hydrogens (tertiary/aromatic N) is 2. The molecule has 0 aromatic heterocycles. The maximum Gasteiger partial charge on any atom is 0.338 e. The van der Waals surface area contributed by atoms with Crippen LogP contribution in [0.25, 0.3) is 33.0 Å². The van der Waals surface area contributed by atoms with Crippen LogP contribution < -0.4 is 0 Å². The number of likely N-dealkylation sites (N-methyl/N-ethyl adjacent to an activating group) is 2. The van der Waals surface area contributed by atoms with Crippen LogP contribution in [-0.2, 0) is 9.47 Å². The van der Waals surface area contributed by atoms with Gasteiger partial charge in [-0.1, -0.05) is 58.0 Å². The summed E-state index contributed by atoms with van der Waals surface area (Å²) in [6, 6.07) is 15.5. The number of benzene rings is 3. The molecule has 0 heterocycles. The molecule has 3 aromatic rings. The molecule has 0 amide bonds. The van der Waals surface area contributed by atoms with Gasteiger partial charge in [0.05, 0.1) is 11.1 Å². The first-order valence-corrected chi connectivity index (χ1v) is 13.0. The van der Waals surface area contributed by atoms with Crippen molar-refractivity contribution < 1.29 is 19.1 Å². The highest BCUT2D eigenvalue weighted by atomic mass is 16.5. The minimum Gasteiger partial charge on any atom is -0.461 e. The highest BCUT2D eigenvalue weighted by Gasteiger charge is 2.25. The van der Waals surface area contributed by atoms with Gasteiger partial charge in [0, 0.05) is 13.1 Å². The Bertz CT molecular complexity index is 1250. The van der Waals surface area contributed by atoms with Crippen molar-refractivity contribution in [3.8, 4) is 22.3 Å². The number of esters is 2. The molecule has 0 fully saturated rings. The van der Waals surface area contributed by atoms with Crippen LogP contribution in [0.2, 0.25) is 0 Å². The molecule has 190 valence electrons. The summed E-state index contributed by atoms with van der Waals surface area (Å²) in [5, 5.41) is 1.90. The minimum atomic E-state index is -0.314. The zero-order chi connectivity index (χ0) is 25.7. The van der Waals surface area contributed by atoms with E-state index in [1.165, 1.54) is 0 Å². The number of rotatable bonds is 12. The second-order valence-corrected chi connectivity index (χ2v) is 8.97. The van der Waals surface area contributed by atoms with Gasteiger partial charge in [-0.05, 0) is 77.4 Å². The SMILES string of the molecule is CCN(CC)CCOC(=O)c1ccc2c(c1)-c1cccc3c(C(=O)OCCN(CC)CC)ccc-2c13. The first-order chi connectivity index (χ1) is 17.5. The van der Waals surface area contributed by atoms with Gasteiger partial charge in [0.1, 0.15) is 13.2 Å². The zero-order valence-corrected chi connectivity index (χ0v) is 21.8. The lowest BCUT2D eigenvalue weighted by Crippen LogP contribution is -2.27. The lowest BCUT2D eigenvalue weighted by Gasteiger charge is -2.17. The fraction of sp³-hybridized carbons (Fsp3) is 0.400. The van der Waals surface area contributed by atoms with E-state index in [1.807, 2.05) is 48.5 Å². The Morgan fingerprint density at radius 3 is 1.89 bits per heavy atom. The van der Waals surface area contributed by atoms with Crippen molar-refractivity contribution in [1.82, 2.24) is 9.80 Å². The lowest BCUT2D eigenvalue weighted by atomic mass is 9.98. The number of hydrogen-bond donors (Lipinski definition) is 0. The number of carbonyl (C=O) groups is 2. The molecule has 0 radical (unpaired) electrons. The molecule has 6 heteroatoms. The smallest absolute Gasteiger partial charge is 0.338 e. The summed E-state index contributed by atoms with van der Waals surface area (Å²) in [4.78, 5) is 30.2. The molecule has 0 N–H and O–H groups in total. The largest absolute Gasteiger partial charge is 0.461 e. The Hall–Kier alpha value is -3.22. The van der Waals surface area contributed by atoms with E-state index >= 15 is 0 Å². The van der Waals surface area contributed by atoms with Crippen LogP contribution in [0.15, 0.2) is 48.5 Å². The van der Waals surface area contributed by atoms with Crippen LogP contribution in [0.3, 0.4) is 0 Å². The van der Waals surface area contributed by atoms with Crippen LogP contribution in [0.5, 0.6) is 0 Å². The molecule has 3 aromatic carbocycles. The summed E-state index contributed by atoms with van der Waals surface area (Å²) < 4.78 is 11.2. The highest BCUT2D eigenvalue weighted by molar-refractivity contribution is 6.20. The van der Waals surface area contributed by atoms with E-state index in [2.05, 4.69) is 37.5 Å². The monoisotopic (exact) mass is 488 g/mol. The quantitative estimate of drug-likeness (QED) is 0.246. The Balaban J connectivity index is 1.56. The molecule has 0 saturated carbocycles. The Morgan fingerprint density at radius 1 is 0.667 bits per heavy atom. The third kappa shape index (κ3) is 5.15. The summed E-state index contributed by atoms with van der Waals surface area (Å²) in [5.41, 5.74) is 5.24. The van der Waals surface area contributed by atoms with Crippen LogP contribution >= 0.6 is 0 Å². The molecule has 0 bridgehead atoms. The number of ether oxygens (including phenoxy) is 2. The van der Waals surface area contributed by atoms with Crippen molar-refractivity contribution in [2.75, 3.05) is 52.5 Å². The summed E-state index contributed by atoms with van der Waals surface area (Å²) in [6.45, 7) is 14.3. The molecular formula is C30H36N2O4. The first kappa shape index (κ1) is 25.9. The average Bonchev–Trinajstić information content (AvgIpc) is 3.23. The van der Waals surface area contributed by atoms with Crippen molar-refractivity contribution in [1.29, 1.82) is 0 Å². The molecule has 6 nitrogen and oxygen atoms in total. The van der Waals surface area contributed by atoms with Gasteiger partial charge in [-0.2, -0.15) is 0 Å². The first-order valence-electron chi connectivity index (χ1n) is 13.0. The van der Waals surface area contributed by atoms with Gasteiger partial charge >= 0.3 is 11.9 Å². The van der Waals surface area contributed by atoms with Crippen LogP contribution in [-0.4, -0.2) is 74.2 Å². The summed E-state index contributed by atoms with van der Waals surface area (Å²) in [5.74, 6) is -0.621. The van der Waals surface area contributed by atoms with E-state index in [4.69, 9.17) is 9.47 Å². The molecule has 1 aliphatic rings. The van der Waals surface area contributed by atoms with E-state index in [-0.39, 0.29) is 11.9 Å². The number of fused-ring (bicyclic) bond motifs is 3. The van der Waals surface area contributed by atoms with Crippen molar-refractivity contribution in [3.63, 3.8) is 0 Å². The summed E-state index contributed by atoms with van der Waals surface area (Å²) >= 11 is 0. The predicted molar refractivity (Wildman–Crippen MR) is 145 cm³/mol. The van der Waals surface area contributed by atoms with Gasteiger partial charge in [0.25, 0.3) is 0 Å². The van der Waals surface area contributed by atoms with E-state index in [0.29, 0.717) is 24.3 Å². The third-order valence-corrected chi connectivity index (χ3v) is 7.17. The second-order valence-electron chi connectivity index (χ2n) is 8.97. The Kier molecular flexibility index (Phi) is 8.39. The second kappa shape index (κ2) is 11.7. The highest BCUT2D eigenvalue weighted by Crippen LogP contribution is 2.48. The van der Waals surface area contributed by atoms with Crippen molar-refractivity contribution in [3.05, 3.63) is 59.7 Å². The van der Waals surface area contributed by atoms with Gasteiger partial charge in [0.2, 0.25) is 0 Å². The fourth-order valence-corrected chi connectivity index (χ4v) is 4.94. The fourth-order valence-electron chi connectivity index (χ4n) is 4.94. The van der Waals surface area contributed by atoms with Gasteiger partial charge in [-0.15, -0.1) is 0 Å². The van der Waals surface area contributed by atoms with E-state index in [0.717, 1.165) is 72.3 Å². The normalized spacial score (nSPS) is 11.8. The Morgan fingerprint density at radius 2 is 1.25 bits per heavy atom. The molecular weight excluding hydrogens is 452 g/mol. The molecule has 0 atom stereocenters. The molecule has 36 heavy (non-hydrogen) atoms. The van der Waals surface area contributed by atoms with E-state index in [1.54, 1.807) is 0 Å². The molecule has 0 aliphatic heterocycles. The topological polar surface area (TPSA) is 59.1 Å². The van der Waals surface area contributed by atoms with Crippen LogP contribution in [0.4, 0.5) is 0 Å². The van der Waals surface area contributed by atoms with Crippen molar-refractivity contribution in [2.24, 2.45) is 0 Å². The van der Waals surface area contributed by atoms with Gasteiger partial charge < -0.3 is 19.3 Å². The number of hydrogen-bond acceptors (Lipinski definition) is 6. The molecule has 4 rings (SSSR count). The maximum atomic E-state index is 13.0. The number of carbonyl (C=O) groups excluding carboxylic acids is 2. The van der Waals surface area contributed by atoms with E-state index < -0.39 is 0 Å².